The van der Waals surface area contributed by atoms with Crippen LogP contribution in [0.4, 0.5) is 0 Å². The number of benzene rings is 3. The fourth-order valence-electron chi connectivity index (χ4n) is 2.95. The van der Waals surface area contributed by atoms with Crippen molar-refractivity contribution in [2.75, 3.05) is 0 Å². The van der Waals surface area contributed by atoms with Gasteiger partial charge in [0.1, 0.15) is 0 Å². The number of nitrogens with zero attached hydrogens (tertiary/aromatic N) is 2. The number of fused-ring (bicyclic) bond motifs is 1. The summed E-state index contributed by atoms with van der Waals surface area (Å²) in [5.41, 5.74) is 0.776. The molecule has 1 heterocycles. The van der Waals surface area contributed by atoms with Crippen LogP contribution in [0.5, 0.6) is 0 Å². The highest BCUT2D eigenvalue weighted by molar-refractivity contribution is 7.90. The van der Waals surface area contributed by atoms with Crippen LogP contribution in [0.3, 0.4) is 0 Å². The molecular weight excluding hydrogens is 376 g/mol. The molecule has 0 radical (unpaired) electrons. The van der Waals surface area contributed by atoms with Crippen molar-refractivity contribution in [2.24, 2.45) is 4.40 Å². The molecule has 0 fully saturated rings. The third-order valence-electron chi connectivity index (χ3n) is 4.29. The second kappa shape index (κ2) is 6.86. The summed E-state index contributed by atoms with van der Waals surface area (Å²) >= 11 is 0. The maximum Gasteiger partial charge on any atom is 0.284 e. The summed E-state index contributed by atoms with van der Waals surface area (Å²) in [5.74, 6) is -1.44. The largest absolute Gasteiger partial charge is 0.284 e. The van der Waals surface area contributed by atoms with E-state index in [-0.39, 0.29) is 21.9 Å². The number of sulfonamides is 1. The fraction of sp³-hybridized carbons (Fsp3) is 0. The van der Waals surface area contributed by atoms with Crippen molar-refractivity contribution >= 4 is 27.7 Å². The molecule has 0 saturated carbocycles. The van der Waals surface area contributed by atoms with Crippen molar-refractivity contribution in [3.05, 3.63) is 102 Å². The first kappa shape index (κ1) is 17.8. The summed E-state index contributed by atoms with van der Waals surface area (Å²) in [7, 11) is -4.14. The molecule has 3 aromatic carbocycles. The molecule has 0 bridgehead atoms. The molecule has 2 amide bonds. The van der Waals surface area contributed by atoms with E-state index in [0.717, 1.165) is 4.90 Å². The van der Waals surface area contributed by atoms with Gasteiger partial charge in [0.2, 0.25) is 0 Å². The first-order valence-corrected chi connectivity index (χ1v) is 9.86. The van der Waals surface area contributed by atoms with E-state index >= 15 is 0 Å². The predicted octanol–water partition coefficient (Wildman–Crippen LogP) is 3.12. The van der Waals surface area contributed by atoms with Crippen LogP contribution in [0.2, 0.25) is 0 Å². The molecule has 0 unspecified atom stereocenters. The van der Waals surface area contributed by atoms with E-state index in [4.69, 9.17) is 0 Å². The molecule has 1 aliphatic heterocycles. The molecule has 0 aliphatic carbocycles. The Hall–Kier alpha value is -3.58. The van der Waals surface area contributed by atoms with E-state index < -0.39 is 21.8 Å². The number of amidine groups is 1. The minimum absolute atomic E-state index is 0.0277. The third kappa shape index (κ3) is 3.01. The van der Waals surface area contributed by atoms with Crippen LogP contribution < -0.4 is 0 Å². The highest BCUT2D eigenvalue weighted by atomic mass is 32.2. The number of carbonyl (C=O) groups is 2. The zero-order valence-corrected chi connectivity index (χ0v) is 15.3. The second-order valence-corrected chi connectivity index (χ2v) is 7.66. The summed E-state index contributed by atoms with van der Waals surface area (Å²) in [4.78, 5) is 26.5. The number of carbonyl (C=O) groups excluding carboxylic acids is 2. The van der Waals surface area contributed by atoms with Crippen molar-refractivity contribution < 1.29 is 18.0 Å². The SMILES string of the molecule is O=C1c2ccccc2C(=O)N1C(=NS(=O)(=O)c1ccccc1)c1ccccc1. The van der Waals surface area contributed by atoms with Gasteiger partial charge >= 0.3 is 0 Å². The average Bonchev–Trinajstić information content (AvgIpc) is 2.98. The van der Waals surface area contributed by atoms with Crippen LogP contribution in [0, 0.1) is 0 Å². The smallest absolute Gasteiger partial charge is 0.268 e. The van der Waals surface area contributed by atoms with Gasteiger partial charge in [-0.15, -0.1) is 4.40 Å². The lowest BCUT2D eigenvalue weighted by molar-refractivity contribution is 0.0749. The third-order valence-corrected chi connectivity index (χ3v) is 5.57. The van der Waals surface area contributed by atoms with Crippen molar-refractivity contribution in [2.45, 2.75) is 4.90 Å². The Kier molecular flexibility index (Phi) is 4.37. The lowest BCUT2D eigenvalue weighted by Crippen LogP contribution is -2.37. The lowest BCUT2D eigenvalue weighted by Gasteiger charge is -2.17. The van der Waals surface area contributed by atoms with Gasteiger partial charge in [-0.3, -0.25) is 9.59 Å². The van der Waals surface area contributed by atoms with Crippen LogP contribution in [0.1, 0.15) is 26.3 Å². The summed E-state index contributed by atoms with van der Waals surface area (Å²) in [6.45, 7) is 0. The standard InChI is InChI=1S/C21H14N2O4S/c24-20-17-13-7-8-14-18(17)21(25)23(20)19(15-9-3-1-4-10-15)22-28(26,27)16-11-5-2-6-12-16/h1-14H. The fourth-order valence-corrected chi connectivity index (χ4v) is 3.97. The number of hydrogen-bond donors (Lipinski definition) is 0. The lowest BCUT2D eigenvalue weighted by atomic mass is 10.1. The molecule has 6 nitrogen and oxygen atoms in total. The summed E-state index contributed by atoms with van der Waals surface area (Å²) < 4.78 is 29.5. The Bertz CT molecular complexity index is 1170. The van der Waals surface area contributed by atoms with Gasteiger partial charge in [0.15, 0.2) is 5.84 Å². The van der Waals surface area contributed by atoms with Gasteiger partial charge in [-0.2, -0.15) is 8.42 Å². The normalized spacial score (nSPS) is 14.3. The van der Waals surface area contributed by atoms with Crippen LogP contribution in [0.15, 0.2) is 94.2 Å². The minimum atomic E-state index is -4.14. The van der Waals surface area contributed by atoms with Crippen molar-refractivity contribution in [3.63, 3.8) is 0 Å². The maximum atomic E-state index is 12.9. The Morgan fingerprint density at radius 1 is 0.679 bits per heavy atom. The van der Waals surface area contributed by atoms with E-state index in [1.54, 1.807) is 60.7 Å². The first-order valence-electron chi connectivity index (χ1n) is 8.42. The van der Waals surface area contributed by atoms with Gasteiger partial charge in [-0.25, -0.2) is 4.90 Å². The first-order chi connectivity index (χ1) is 13.5. The van der Waals surface area contributed by atoms with Crippen LogP contribution in [0.25, 0.3) is 0 Å². The number of amides is 2. The van der Waals surface area contributed by atoms with Gasteiger partial charge in [0, 0.05) is 5.56 Å². The summed E-state index contributed by atoms with van der Waals surface area (Å²) in [6.07, 6.45) is 0. The zero-order valence-electron chi connectivity index (χ0n) is 14.5. The molecule has 0 atom stereocenters. The number of rotatable bonds is 3. The molecule has 0 N–H and O–H groups in total. The van der Waals surface area contributed by atoms with E-state index in [2.05, 4.69) is 4.40 Å². The van der Waals surface area contributed by atoms with Gasteiger partial charge < -0.3 is 0 Å². The molecule has 138 valence electrons. The minimum Gasteiger partial charge on any atom is -0.268 e. The van der Waals surface area contributed by atoms with E-state index in [9.17, 15) is 18.0 Å². The molecule has 0 spiro atoms. The highest BCUT2D eigenvalue weighted by Crippen LogP contribution is 2.26. The Morgan fingerprint density at radius 3 is 1.68 bits per heavy atom. The monoisotopic (exact) mass is 390 g/mol. The van der Waals surface area contributed by atoms with Crippen molar-refractivity contribution in [1.29, 1.82) is 0 Å². The topological polar surface area (TPSA) is 83.9 Å². The molecule has 3 aromatic rings. The molecule has 0 aromatic heterocycles. The van der Waals surface area contributed by atoms with Crippen molar-refractivity contribution in [1.82, 2.24) is 4.90 Å². The van der Waals surface area contributed by atoms with E-state index in [1.807, 2.05) is 0 Å². The Morgan fingerprint density at radius 2 is 1.14 bits per heavy atom. The van der Waals surface area contributed by atoms with Gasteiger partial charge in [0.25, 0.3) is 21.8 Å². The average molecular weight is 390 g/mol. The molecule has 1 aliphatic rings. The van der Waals surface area contributed by atoms with Gasteiger partial charge in [-0.05, 0) is 24.3 Å². The predicted molar refractivity (Wildman–Crippen MR) is 104 cm³/mol. The second-order valence-electron chi connectivity index (χ2n) is 6.06. The Balaban J connectivity index is 1.90. The van der Waals surface area contributed by atoms with Gasteiger partial charge in [-0.1, -0.05) is 60.7 Å². The van der Waals surface area contributed by atoms with E-state index in [1.165, 1.54) is 24.3 Å². The molecule has 4 rings (SSSR count). The molecule has 0 saturated heterocycles. The maximum absolute atomic E-state index is 12.9. The van der Waals surface area contributed by atoms with Crippen LogP contribution >= 0.6 is 0 Å². The Labute approximate surface area is 161 Å². The van der Waals surface area contributed by atoms with Crippen molar-refractivity contribution in [3.8, 4) is 0 Å². The quantitative estimate of drug-likeness (QED) is 0.391. The molecule has 7 heteroatoms. The van der Waals surface area contributed by atoms with Crippen LogP contribution in [-0.2, 0) is 10.0 Å². The molecule has 28 heavy (non-hydrogen) atoms. The molecular formula is C21H14N2O4S. The summed E-state index contributed by atoms with van der Waals surface area (Å²) in [5, 5.41) is 0. The highest BCUT2D eigenvalue weighted by Gasteiger charge is 2.39. The number of imide groups is 1. The van der Waals surface area contributed by atoms with E-state index in [0.29, 0.717) is 5.56 Å². The van der Waals surface area contributed by atoms with Crippen LogP contribution in [-0.4, -0.2) is 31.0 Å². The van der Waals surface area contributed by atoms with Gasteiger partial charge in [0.05, 0.1) is 16.0 Å². The number of hydrogen-bond acceptors (Lipinski definition) is 4. The summed E-state index contributed by atoms with van der Waals surface area (Å²) in [6, 6.07) is 22.3. The zero-order chi connectivity index (χ0) is 19.7.